The molecule has 20 heavy (non-hydrogen) atoms. The summed E-state index contributed by atoms with van der Waals surface area (Å²) in [5.41, 5.74) is 0.500. The Hall–Kier alpha value is -0.910. The van der Waals surface area contributed by atoms with Crippen molar-refractivity contribution in [3.05, 3.63) is 0 Å². The summed E-state index contributed by atoms with van der Waals surface area (Å²) in [4.78, 5) is 23.5. The highest BCUT2D eigenvalue weighted by Crippen LogP contribution is 2.33. The Labute approximate surface area is 123 Å². The Morgan fingerprint density at radius 2 is 2.15 bits per heavy atom. The molecule has 0 aromatic heterocycles. The van der Waals surface area contributed by atoms with Gasteiger partial charge in [0.2, 0.25) is 0 Å². The summed E-state index contributed by atoms with van der Waals surface area (Å²) in [6.45, 7) is 5.52. The molecule has 5 atom stereocenters. The van der Waals surface area contributed by atoms with Crippen LogP contribution in [0.25, 0.3) is 0 Å². The van der Waals surface area contributed by atoms with E-state index in [2.05, 4.69) is 16.6 Å². The van der Waals surface area contributed by atoms with Crippen molar-refractivity contribution in [2.24, 2.45) is 16.2 Å². The van der Waals surface area contributed by atoms with Gasteiger partial charge >= 0.3 is 0 Å². The largest absolute Gasteiger partial charge is 0.345 e. The lowest BCUT2D eigenvalue weighted by molar-refractivity contribution is -0.121. The minimum absolute atomic E-state index is 0.00224. The summed E-state index contributed by atoms with van der Waals surface area (Å²) < 4.78 is 18.1. The summed E-state index contributed by atoms with van der Waals surface area (Å²) >= 11 is 1.43. The van der Waals surface area contributed by atoms with E-state index in [1.807, 2.05) is 6.92 Å². The first-order valence-corrected chi connectivity index (χ1v) is 7.96. The van der Waals surface area contributed by atoms with Crippen LogP contribution in [-0.2, 0) is 9.59 Å². The zero-order valence-corrected chi connectivity index (χ0v) is 12.9. The van der Waals surface area contributed by atoms with Crippen molar-refractivity contribution in [3.63, 3.8) is 0 Å². The van der Waals surface area contributed by atoms with E-state index in [0.29, 0.717) is 17.4 Å². The van der Waals surface area contributed by atoms with Crippen molar-refractivity contribution < 1.29 is 14.0 Å². The number of ketones is 1. The molecule has 1 fully saturated rings. The minimum atomic E-state index is -1.14. The molecule has 0 radical (unpaired) electrons. The molecule has 0 aromatic carbocycles. The highest BCUT2D eigenvalue weighted by molar-refractivity contribution is 7.99. The van der Waals surface area contributed by atoms with Crippen LogP contribution in [0.2, 0.25) is 0 Å². The number of carbonyl (C=O) groups excluding carboxylic acids is 2. The van der Waals surface area contributed by atoms with Crippen LogP contribution in [0.15, 0.2) is 4.40 Å². The summed E-state index contributed by atoms with van der Waals surface area (Å²) in [6, 6.07) is -0.558. The van der Waals surface area contributed by atoms with Crippen LogP contribution in [0.3, 0.4) is 0 Å². The highest BCUT2D eigenvalue weighted by atomic mass is 32.2. The molecule has 6 heteroatoms. The number of nitrogens with one attached hydrogen (secondary N) is 1. The zero-order valence-electron chi connectivity index (χ0n) is 12.1. The fraction of sp³-hybridized carbons (Fsp3) is 0.786. The monoisotopic (exact) mass is 300 g/mol. The Morgan fingerprint density at radius 3 is 2.65 bits per heavy atom. The smallest absolute Gasteiger partial charge is 0.266 e. The number of rotatable bonds is 4. The molecule has 1 aliphatic carbocycles. The quantitative estimate of drug-likeness (QED) is 0.811. The first-order valence-electron chi connectivity index (χ1n) is 7.13. The molecule has 0 aromatic rings. The average molecular weight is 300 g/mol. The average Bonchev–Trinajstić information content (AvgIpc) is 2.93. The van der Waals surface area contributed by atoms with E-state index in [9.17, 15) is 14.0 Å². The van der Waals surface area contributed by atoms with Crippen molar-refractivity contribution >= 4 is 29.4 Å². The van der Waals surface area contributed by atoms with Crippen LogP contribution in [0.5, 0.6) is 0 Å². The van der Waals surface area contributed by atoms with E-state index in [0.717, 1.165) is 6.42 Å². The molecule has 0 bridgehead atoms. The van der Waals surface area contributed by atoms with Gasteiger partial charge < -0.3 is 5.32 Å². The number of carbonyl (C=O) groups is 2. The molecular weight excluding hydrogens is 279 g/mol. The third kappa shape index (κ3) is 3.05. The molecule has 2 aliphatic rings. The van der Waals surface area contributed by atoms with Gasteiger partial charge in [0.25, 0.3) is 5.91 Å². The number of nitrogens with zero attached hydrogens (tertiary/aromatic N) is 1. The van der Waals surface area contributed by atoms with Crippen LogP contribution < -0.4 is 5.32 Å². The molecule has 0 saturated heterocycles. The predicted octanol–water partition coefficient (Wildman–Crippen LogP) is 2.33. The van der Waals surface area contributed by atoms with Gasteiger partial charge in [-0.1, -0.05) is 13.8 Å². The van der Waals surface area contributed by atoms with Gasteiger partial charge in [0.1, 0.15) is 17.7 Å². The number of hydrogen-bond donors (Lipinski definition) is 1. The lowest BCUT2D eigenvalue weighted by atomic mass is 9.98. The molecule has 112 valence electrons. The van der Waals surface area contributed by atoms with Gasteiger partial charge in [-0.25, -0.2) is 8.79 Å². The molecule has 2 rings (SSSR count). The molecule has 1 amide bonds. The molecule has 5 unspecified atom stereocenters. The zero-order chi connectivity index (χ0) is 14.9. The maximum atomic E-state index is 13.9. The van der Waals surface area contributed by atoms with Crippen molar-refractivity contribution in [1.82, 2.24) is 5.32 Å². The Kier molecular flexibility index (Phi) is 4.83. The molecule has 1 saturated carbocycles. The number of halogens is 1. The Bertz CT molecular complexity index is 441. The lowest BCUT2D eigenvalue weighted by Crippen LogP contribution is -2.43. The first kappa shape index (κ1) is 15.5. The Balaban J connectivity index is 1.94. The number of alkyl halides is 1. The van der Waals surface area contributed by atoms with E-state index in [4.69, 9.17) is 0 Å². The summed E-state index contributed by atoms with van der Waals surface area (Å²) in [5, 5.41) is 3.04. The van der Waals surface area contributed by atoms with E-state index in [-0.39, 0.29) is 29.9 Å². The van der Waals surface area contributed by atoms with Gasteiger partial charge in [0.15, 0.2) is 0 Å². The van der Waals surface area contributed by atoms with Crippen LogP contribution in [0.4, 0.5) is 4.39 Å². The molecular formula is C14H21FN2O2S. The van der Waals surface area contributed by atoms with Gasteiger partial charge in [-0.05, 0) is 38.1 Å². The first-order chi connectivity index (χ1) is 9.43. The normalized spacial score (nSPS) is 36.8. The summed E-state index contributed by atoms with van der Waals surface area (Å²) in [5.74, 6) is -0.459. The van der Waals surface area contributed by atoms with Gasteiger partial charge in [-0.15, -0.1) is 0 Å². The lowest BCUT2D eigenvalue weighted by Gasteiger charge is -2.17. The number of Topliss-reactive ketones (excluding diaryl/α,β-unsaturated/α-hetero) is 1. The summed E-state index contributed by atoms with van der Waals surface area (Å²) in [7, 11) is 0. The molecule has 1 heterocycles. The van der Waals surface area contributed by atoms with Crippen LogP contribution in [0, 0.1) is 11.8 Å². The maximum Gasteiger partial charge on any atom is 0.266 e. The molecule has 4 nitrogen and oxygen atoms in total. The molecule has 0 spiro atoms. The van der Waals surface area contributed by atoms with E-state index in [1.54, 1.807) is 0 Å². The second-order valence-electron chi connectivity index (χ2n) is 5.69. The fourth-order valence-corrected chi connectivity index (χ4v) is 3.82. The van der Waals surface area contributed by atoms with Crippen molar-refractivity contribution in [2.75, 3.05) is 0 Å². The number of hydrogen-bond acceptors (Lipinski definition) is 4. The van der Waals surface area contributed by atoms with Crippen LogP contribution >= 0.6 is 11.9 Å². The molecule has 1 N–H and O–H groups in total. The topological polar surface area (TPSA) is 58.5 Å². The Morgan fingerprint density at radius 1 is 1.45 bits per heavy atom. The van der Waals surface area contributed by atoms with Gasteiger partial charge in [0, 0.05) is 17.1 Å². The summed E-state index contributed by atoms with van der Waals surface area (Å²) in [6.07, 6.45) is 0.427. The van der Waals surface area contributed by atoms with Crippen molar-refractivity contribution in [3.8, 4) is 0 Å². The highest BCUT2D eigenvalue weighted by Gasteiger charge is 2.39. The van der Waals surface area contributed by atoms with Gasteiger partial charge in [0.05, 0.1) is 6.04 Å². The number of amides is 1. The SMILES string of the molecule is CCC1SN=C(C(=O)NC2CC(C(C)=O)CC2F)C1C. The van der Waals surface area contributed by atoms with Crippen LogP contribution in [-0.4, -0.2) is 34.9 Å². The van der Waals surface area contributed by atoms with E-state index < -0.39 is 12.2 Å². The maximum absolute atomic E-state index is 13.9. The van der Waals surface area contributed by atoms with E-state index >= 15 is 0 Å². The van der Waals surface area contributed by atoms with E-state index in [1.165, 1.54) is 18.9 Å². The third-order valence-electron chi connectivity index (χ3n) is 4.29. The third-order valence-corrected chi connectivity index (χ3v) is 5.60. The van der Waals surface area contributed by atoms with Crippen molar-refractivity contribution in [2.45, 2.75) is 57.5 Å². The standard InChI is InChI=1S/C14H21FN2O2S/c1-4-12-7(2)13(17-20-12)14(19)16-11-6-9(8(3)18)5-10(11)15/h7,9-12H,4-6H2,1-3H3,(H,16,19). The van der Waals surface area contributed by atoms with Crippen LogP contribution in [0.1, 0.15) is 40.0 Å². The second-order valence-corrected chi connectivity index (χ2v) is 6.69. The van der Waals surface area contributed by atoms with Gasteiger partial charge in [-0.2, -0.15) is 0 Å². The van der Waals surface area contributed by atoms with Crippen molar-refractivity contribution in [1.29, 1.82) is 0 Å². The second kappa shape index (κ2) is 6.24. The molecule has 1 aliphatic heterocycles. The minimum Gasteiger partial charge on any atom is -0.345 e. The fourth-order valence-electron chi connectivity index (χ4n) is 2.86. The van der Waals surface area contributed by atoms with Gasteiger partial charge in [-0.3, -0.25) is 9.59 Å². The predicted molar refractivity (Wildman–Crippen MR) is 78.5 cm³/mol.